The minimum absolute atomic E-state index is 0.120. The summed E-state index contributed by atoms with van der Waals surface area (Å²) in [6, 6.07) is 0.120. The Kier molecular flexibility index (Phi) is 6.43. The summed E-state index contributed by atoms with van der Waals surface area (Å²) in [5, 5.41) is 3.38. The molecule has 2 heterocycles. The average Bonchev–Trinajstić information content (AvgIpc) is 2.48. The number of piperidine rings is 1. The SMILES string of the molecule is CCCNCC1CCCCN1S(=O)(=O)N1CCN(C)CC1. The molecule has 2 rings (SSSR count). The Morgan fingerprint density at radius 3 is 2.48 bits per heavy atom. The van der Waals surface area contributed by atoms with Crippen molar-refractivity contribution in [2.24, 2.45) is 0 Å². The first-order chi connectivity index (χ1) is 10.1. The van der Waals surface area contributed by atoms with Crippen LogP contribution in [0.5, 0.6) is 0 Å². The van der Waals surface area contributed by atoms with Crippen LogP contribution in [0.2, 0.25) is 0 Å². The lowest BCUT2D eigenvalue weighted by Crippen LogP contribution is -2.57. The molecule has 0 radical (unpaired) electrons. The van der Waals surface area contributed by atoms with Crippen molar-refractivity contribution in [1.29, 1.82) is 0 Å². The van der Waals surface area contributed by atoms with Crippen LogP contribution in [-0.2, 0) is 10.2 Å². The summed E-state index contributed by atoms with van der Waals surface area (Å²) in [6.45, 7) is 7.42. The van der Waals surface area contributed by atoms with Crippen molar-refractivity contribution in [3.63, 3.8) is 0 Å². The van der Waals surface area contributed by atoms with Crippen molar-refractivity contribution >= 4 is 10.2 Å². The van der Waals surface area contributed by atoms with Gasteiger partial charge >= 0.3 is 0 Å². The van der Waals surface area contributed by atoms with Gasteiger partial charge in [0.15, 0.2) is 0 Å². The van der Waals surface area contributed by atoms with Crippen molar-refractivity contribution < 1.29 is 8.42 Å². The molecular formula is C14H30N4O2S. The van der Waals surface area contributed by atoms with Gasteiger partial charge in [-0.3, -0.25) is 0 Å². The largest absolute Gasteiger partial charge is 0.315 e. The Hall–Kier alpha value is -0.210. The molecule has 124 valence electrons. The molecular weight excluding hydrogens is 288 g/mol. The van der Waals surface area contributed by atoms with Crippen LogP contribution in [0.1, 0.15) is 32.6 Å². The Morgan fingerprint density at radius 1 is 1.10 bits per heavy atom. The number of rotatable bonds is 6. The zero-order valence-electron chi connectivity index (χ0n) is 13.4. The van der Waals surface area contributed by atoms with Crippen LogP contribution < -0.4 is 5.32 Å². The van der Waals surface area contributed by atoms with Crippen LogP contribution in [0.15, 0.2) is 0 Å². The smallest absolute Gasteiger partial charge is 0.282 e. The van der Waals surface area contributed by atoms with Gasteiger partial charge in [-0.25, -0.2) is 0 Å². The standard InChI is InChI=1S/C14H30N4O2S/c1-3-7-15-13-14-6-4-5-8-18(14)21(19,20)17-11-9-16(2)10-12-17/h14-15H,3-13H2,1-2H3. The first-order valence-corrected chi connectivity index (χ1v) is 9.61. The molecule has 0 aromatic heterocycles. The Bertz CT molecular complexity index is 407. The zero-order chi connectivity index (χ0) is 15.3. The third kappa shape index (κ3) is 4.39. The zero-order valence-corrected chi connectivity index (χ0v) is 14.2. The quantitative estimate of drug-likeness (QED) is 0.717. The highest BCUT2D eigenvalue weighted by Gasteiger charge is 2.37. The van der Waals surface area contributed by atoms with Gasteiger partial charge in [0.2, 0.25) is 0 Å². The van der Waals surface area contributed by atoms with Crippen molar-refractivity contribution in [2.75, 3.05) is 52.9 Å². The number of piperazine rings is 1. The normalized spacial score (nSPS) is 27.0. The average molecular weight is 318 g/mol. The van der Waals surface area contributed by atoms with E-state index in [0.717, 1.165) is 51.9 Å². The van der Waals surface area contributed by atoms with E-state index in [4.69, 9.17) is 0 Å². The minimum atomic E-state index is -3.29. The molecule has 0 bridgehead atoms. The Labute approximate surface area is 129 Å². The van der Waals surface area contributed by atoms with Crippen molar-refractivity contribution in [1.82, 2.24) is 18.8 Å². The van der Waals surface area contributed by atoms with Crippen LogP contribution in [-0.4, -0.2) is 80.8 Å². The predicted molar refractivity (Wildman–Crippen MR) is 85.5 cm³/mol. The number of hydrogen-bond donors (Lipinski definition) is 1. The first kappa shape index (κ1) is 17.1. The lowest BCUT2D eigenvalue weighted by Gasteiger charge is -2.40. The van der Waals surface area contributed by atoms with Crippen LogP contribution in [0.25, 0.3) is 0 Å². The Balaban J connectivity index is 2.01. The van der Waals surface area contributed by atoms with Gasteiger partial charge in [0.05, 0.1) is 0 Å². The van der Waals surface area contributed by atoms with Gasteiger partial charge in [-0.05, 0) is 32.9 Å². The van der Waals surface area contributed by atoms with Crippen LogP contribution in [0, 0.1) is 0 Å². The fourth-order valence-corrected chi connectivity index (χ4v) is 4.93. The maximum absolute atomic E-state index is 12.9. The van der Waals surface area contributed by atoms with Crippen LogP contribution in [0.3, 0.4) is 0 Å². The maximum Gasteiger partial charge on any atom is 0.282 e. The molecule has 1 atom stereocenters. The van der Waals surface area contributed by atoms with Gasteiger partial charge in [0.25, 0.3) is 10.2 Å². The second-order valence-electron chi connectivity index (χ2n) is 6.17. The van der Waals surface area contributed by atoms with E-state index in [-0.39, 0.29) is 6.04 Å². The lowest BCUT2D eigenvalue weighted by molar-refractivity contribution is 0.189. The van der Waals surface area contributed by atoms with Gasteiger partial charge in [-0.1, -0.05) is 13.3 Å². The molecule has 0 amide bonds. The fraction of sp³-hybridized carbons (Fsp3) is 1.00. The molecule has 2 saturated heterocycles. The number of likely N-dealkylation sites (N-methyl/N-ethyl adjacent to an activating group) is 1. The summed E-state index contributed by atoms with van der Waals surface area (Å²) in [5.74, 6) is 0. The van der Waals surface area contributed by atoms with Gasteiger partial charge in [0, 0.05) is 45.3 Å². The molecule has 0 aliphatic carbocycles. The topological polar surface area (TPSA) is 55.9 Å². The highest BCUT2D eigenvalue weighted by atomic mass is 32.2. The van der Waals surface area contributed by atoms with E-state index < -0.39 is 10.2 Å². The molecule has 2 fully saturated rings. The third-order valence-corrected chi connectivity index (χ3v) is 6.56. The molecule has 2 aliphatic heterocycles. The summed E-state index contributed by atoms with van der Waals surface area (Å²) < 4.78 is 29.2. The molecule has 7 heteroatoms. The van der Waals surface area contributed by atoms with E-state index in [9.17, 15) is 8.42 Å². The molecule has 0 spiro atoms. The van der Waals surface area contributed by atoms with Crippen molar-refractivity contribution in [3.05, 3.63) is 0 Å². The predicted octanol–water partition coefficient (Wildman–Crippen LogP) is 0.333. The highest BCUT2D eigenvalue weighted by molar-refractivity contribution is 7.86. The summed E-state index contributed by atoms with van der Waals surface area (Å²) in [5.41, 5.74) is 0. The van der Waals surface area contributed by atoms with Gasteiger partial charge < -0.3 is 10.2 Å². The molecule has 0 aromatic carbocycles. The van der Waals surface area contributed by atoms with E-state index >= 15 is 0 Å². The lowest BCUT2D eigenvalue weighted by atomic mass is 10.1. The molecule has 0 aromatic rings. The second-order valence-corrected chi connectivity index (χ2v) is 8.06. The number of hydrogen-bond acceptors (Lipinski definition) is 4. The second kappa shape index (κ2) is 7.87. The fourth-order valence-electron chi connectivity index (χ4n) is 3.09. The highest BCUT2D eigenvalue weighted by Crippen LogP contribution is 2.23. The molecule has 1 unspecified atom stereocenters. The van der Waals surface area contributed by atoms with Crippen molar-refractivity contribution in [2.45, 2.75) is 38.6 Å². The van der Waals surface area contributed by atoms with Gasteiger partial charge in [0.1, 0.15) is 0 Å². The van der Waals surface area contributed by atoms with E-state index in [1.54, 1.807) is 8.61 Å². The van der Waals surface area contributed by atoms with Crippen LogP contribution >= 0.6 is 0 Å². The first-order valence-electron chi connectivity index (χ1n) is 8.22. The molecule has 0 saturated carbocycles. The summed E-state index contributed by atoms with van der Waals surface area (Å²) >= 11 is 0. The van der Waals surface area contributed by atoms with E-state index in [1.807, 2.05) is 7.05 Å². The van der Waals surface area contributed by atoms with E-state index in [2.05, 4.69) is 17.1 Å². The van der Waals surface area contributed by atoms with Gasteiger partial charge in [-0.2, -0.15) is 17.0 Å². The monoisotopic (exact) mass is 318 g/mol. The maximum atomic E-state index is 12.9. The molecule has 6 nitrogen and oxygen atoms in total. The molecule has 2 aliphatic rings. The van der Waals surface area contributed by atoms with E-state index in [0.29, 0.717) is 19.6 Å². The summed E-state index contributed by atoms with van der Waals surface area (Å²) in [7, 11) is -1.25. The van der Waals surface area contributed by atoms with Crippen LogP contribution in [0.4, 0.5) is 0 Å². The number of nitrogens with one attached hydrogen (secondary N) is 1. The number of nitrogens with zero attached hydrogens (tertiary/aromatic N) is 3. The van der Waals surface area contributed by atoms with Crippen molar-refractivity contribution in [3.8, 4) is 0 Å². The third-order valence-electron chi connectivity index (χ3n) is 4.46. The van der Waals surface area contributed by atoms with E-state index in [1.165, 1.54) is 0 Å². The molecule has 1 N–H and O–H groups in total. The molecule has 21 heavy (non-hydrogen) atoms. The van der Waals surface area contributed by atoms with Gasteiger partial charge in [-0.15, -0.1) is 0 Å². The minimum Gasteiger partial charge on any atom is -0.315 e. The summed E-state index contributed by atoms with van der Waals surface area (Å²) in [4.78, 5) is 2.18. The Morgan fingerprint density at radius 2 is 1.81 bits per heavy atom. The summed E-state index contributed by atoms with van der Waals surface area (Å²) in [6.07, 6.45) is 4.17.